The Morgan fingerprint density at radius 1 is 1.00 bits per heavy atom. The third-order valence-electron chi connectivity index (χ3n) is 3.03. The van der Waals surface area contributed by atoms with E-state index in [0.717, 1.165) is 5.56 Å². The number of rotatable bonds is 9. The van der Waals surface area contributed by atoms with Crippen molar-refractivity contribution in [3.05, 3.63) is 29.8 Å². The van der Waals surface area contributed by atoms with Crippen LogP contribution in [0, 0.1) is 0 Å². The molecular formula is C16H24OS. The summed E-state index contributed by atoms with van der Waals surface area (Å²) in [6.07, 6.45) is 8.09. The molecule has 0 aliphatic carbocycles. The van der Waals surface area contributed by atoms with Crippen LogP contribution in [0.15, 0.2) is 29.2 Å². The van der Waals surface area contributed by atoms with Crippen LogP contribution < -0.4 is 0 Å². The molecule has 0 spiro atoms. The Hall–Kier alpha value is -0.760. The summed E-state index contributed by atoms with van der Waals surface area (Å²) in [6.45, 7) is 3.86. The van der Waals surface area contributed by atoms with E-state index in [1.807, 2.05) is 23.9 Å². The first-order valence-corrected chi connectivity index (χ1v) is 7.96. The van der Waals surface area contributed by atoms with Crippen LogP contribution in [0.3, 0.4) is 0 Å². The molecule has 0 unspecified atom stereocenters. The number of hydrogen-bond acceptors (Lipinski definition) is 2. The van der Waals surface area contributed by atoms with Crippen molar-refractivity contribution < 1.29 is 4.79 Å². The Kier molecular flexibility index (Phi) is 7.83. The van der Waals surface area contributed by atoms with Gasteiger partial charge in [0.05, 0.1) is 0 Å². The lowest BCUT2D eigenvalue weighted by Gasteiger charge is -2.03. The van der Waals surface area contributed by atoms with E-state index in [-0.39, 0.29) is 5.78 Å². The highest BCUT2D eigenvalue weighted by molar-refractivity contribution is 7.99. The average Bonchev–Trinajstić information content (AvgIpc) is 2.38. The molecular weight excluding hydrogens is 240 g/mol. The maximum Gasteiger partial charge on any atom is 0.159 e. The molecule has 0 aliphatic heterocycles. The van der Waals surface area contributed by atoms with Crippen molar-refractivity contribution in [3.63, 3.8) is 0 Å². The molecule has 0 bridgehead atoms. The monoisotopic (exact) mass is 264 g/mol. The number of Topliss-reactive ketones (excluding diaryl/α,β-unsaturated/α-hetero) is 1. The van der Waals surface area contributed by atoms with Crippen molar-refractivity contribution in [1.29, 1.82) is 0 Å². The van der Waals surface area contributed by atoms with Gasteiger partial charge in [-0.3, -0.25) is 4.79 Å². The lowest BCUT2D eigenvalue weighted by Crippen LogP contribution is -1.90. The Bertz CT molecular complexity index is 343. The van der Waals surface area contributed by atoms with Gasteiger partial charge in [0.25, 0.3) is 0 Å². The lowest BCUT2D eigenvalue weighted by molar-refractivity contribution is 0.101. The predicted molar refractivity (Wildman–Crippen MR) is 80.5 cm³/mol. The van der Waals surface area contributed by atoms with Gasteiger partial charge in [-0.2, -0.15) is 0 Å². The summed E-state index contributed by atoms with van der Waals surface area (Å²) >= 11 is 1.89. The standard InChI is InChI=1S/C16H24OS/c1-3-4-5-6-7-8-13-18-16-11-9-15(10-12-16)14(2)17/h9-12H,3-8,13H2,1-2H3. The number of unbranched alkanes of at least 4 members (excludes halogenated alkanes) is 5. The number of benzene rings is 1. The van der Waals surface area contributed by atoms with E-state index in [1.165, 1.54) is 49.2 Å². The highest BCUT2D eigenvalue weighted by Gasteiger charge is 1.99. The second kappa shape index (κ2) is 9.21. The topological polar surface area (TPSA) is 17.1 Å². The fourth-order valence-electron chi connectivity index (χ4n) is 1.86. The molecule has 100 valence electrons. The number of carbonyl (C=O) groups is 1. The number of hydrogen-bond donors (Lipinski definition) is 0. The summed E-state index contributed by atoms with van der Waals surface area (Å²) in [5.41, 5.74) is 0.805. The van der Waals surface area contributed by atoms with E-state index in [9.17, 15) is 4.79 Å². The summed E-state index contributed by atoms with van der Waals surface area (Å²) in [5, 5.41) is 0. The molecule has 0 atom stereocenters. The second-order valence-corrected chi connectivity index (χ2v) is 5.87. The van der Waals surface area contributed by atoms with Gasteiger partial charge in [-0.25, -0.2) is 0 Å². The Morgan fingerprint density at radius 3 is 2.22 bits per heavy atom. The van der Waals surface area contributed by atoms with Crippen molar-refractivity contribution >= 4 is 17.5 Å². The highest BCUT2D eigenvalue weighted by atomic mass is 32.2. The number of ketones is 1. The summed E-state index contributed by atoms with van der Waals surface area (Å²) in [5.74, 6) is 1.33. The minimum absolute atomic E-state index is 0.141. The summed E-state index contributed by atoms with van der Waals surface area (Å²) in [6, 6.07) is 7.95. The molecule has 0 saturated carbocycles. The normalized spacial score (nSPS) is 10.6. The Morgan fingerprint density at radius 2 is 1.61 bits per heavy atom. The van der Waals surface area contributed by atoms with Crippen molar-refractivity contribution in [2.75, 3.05) is 5.75 Å². The maximum absolute atomic E-state index is 11.1. The van der Waals surface area contributed by atoms with E-state index < -0.39 is 0 Å². The second-order valence-electron chi connectivity index (χ2n) is 4.70. The van der Waals surface area contributed by atoms with Gasteiger partial charge in [0, 0.05) is 10.5 Å². The lowest BCUT2D eigenvalue weighted by atomic mass is 10.1. The van der Waals surface area contributed by atoms with Crippen LogP contribution in [0.5, 0.6) is 0 Å². The van der Waals surface area contributed by atoms with Crippen LogP contribution >= 0.6 is 11.8 Å². The molecule has 18 heavy (non-hydrogen) atoms. The fraction of sp³-hybridized carbons (Fsp3) is 0.562. The summed E-state index contributed by atoms with van der Waals surface area (Å²) in [7, 11) is 0. The zero-order chi connectivity index (χ0) is 13.2. The molecule has 0 amide bonds. The minimum Gasteiger partial charge on any atom is -0.295 e. The molecule has 2 heteroatoms. The zero-order valence-electron chi connectivity index (χ0n) is 11.6. The van der Waals surface area contributed by atoms with Crippen molar-refractivity contribution in [2.45, 2.75) is 57.3 Å². The zero-order valence-corrected chi connectivity index (χ0v) is 12.4. The van der Waals surface area contributed by atoms with Crippen LogP contribution in [0.4, 0.5) is 0 Å². The molecule has 0 aromatic heterocycles. The first-order chi connectivity index (χ1) is 8.74. The molecule has 1 nitrogen and oxygen atoms in total. The summed E-state index contributed by atoms with van der Waals surface area (Å²) in [4.78, 5) is 12.4. The van der Waals surface area contributed by atoms with E-state index >= 15 is 0 Å². The number of thioether (sulfide) groups is 1. The molecule has 1 aromatic carbocycles. The smallest absolute Gasteiger partial charge is 0.159 e. The van der Waals surface area contributed by atoms with E-state index in [2.05, 4.69) is 19.1 Å². The minimum atomic E-state index is 0.141. The number of carbonyl (C=O) groups excluding carboxylic acids is 1. The molecule has 0 aliphatic rings. The molecule has 0 saturated heterocycles. The largest absolute Gasteiger partial charge is 0.295 e. The quantitative estimate of drug-likeness (QED) is 0.340. The van der Waals surface area contributed by atoms with Gasteiger partial charge in [-0.1, -0.05) is 51.2 Å². The first-order valence-electron chi connectivity index (χ1n) is 6.98. The van der Waals surface area contributed by atoms with Crippen LogP contribution in [0.2, 0.25) is 0 Å². The first kappa shape index (κ1) is 15.3. The Labute approximate surface area is 115 Å². The van der Waals surface area contributed by atoms with Gasteiger partial charge < -0.3 is 0 Å². The molecule has 0 N–H and O–H groups in total. The molecule has 1 rings (SSSR count). The van der Waals surface area contributed by atoms with Gasteiger partial charge in [-0.05, 0) is 31.2 Å². The average molecular weight is 264 g/mol. The molecule has 0 fully saturated rings. The predicted octanol–water partition coefficient (Wildman–Crippen LogP) is 5.34. The van der Waals surface area contributed by atoms with E-state index in [0.29, 0.717) is 0 Å². The fourth-order valence-corrected chi connectivity index (χ4v) is 2.77. The third kappa shape index (κ3) is 6.25. The van der Waals surface area contributed by atoms with Gasteiger partial charge >= 0.3 is 0 Å². The molecule has 0 heterocycles. The van der Waals surface area contributed by atoms with Gasteiger partial charge in [0.2, 0.25) is 0 Å². The van der Waals surface area contributed by atoms with Crippen LogP contribution in [-0.2, 0) is 0 Å². The van der Waals surface area contributed by atoms with Gasteiger partial charge in [0.1, 0.15) is 0 Å². The van der Waals surface area contributed by atoms with Crippen LogP contribution in [0.1, 0.15) is 62.7 Å². The van der Waals surface area contributed by atoms with Crippen LogP contribution in [-0.4, -0.2) is 11.5 Å². The third-order valence-corrected chi connectivity index (χ3v) is 4.13. The summed E-state index contributed by atoms with van der Waals surface area (Å²) < 4.78 is 0. The van der Waals surface area contributed by atoms with Gasteiger partial charge in [0.15, 0.2) is 5.78 Å². The molecule has 0 radical (unpaired) electrons. The SMILES string of the molecule is CCCCCCCCSc1ccc(C(C)=O)cc1. The van der Waals surface area contributed by atoms with Crippen molar-refractivity contribution in [2.24, 2.45) is 0 Å². The Balaban J connectivity index is 2.14. The van der Waals surface area contributed by atoms with Gasteiger partial charge in [-0.15, -0.1) is 11.8 Å². The van der Waals surface area contributed by atoms with Crippen molar-refractivity contribution in [1.82, 2.24) is 0 Å². The highest BCUT2D eigenvalue weighted by Crippen LogP contribution is 2.20. The maximum atomic E-state index is 11.1. The van der Waals surface area contributed by atoms with E-state index in [1.54, 1.807) is 6.92 Å². The van der Waals surface area contributed by atoms with Crippen LogP contribution in [0.25, 0.3) is 0 Å². The van der Waals surface area contributed by atoms with Crippen molar-refractivity contribution in [3.8, 4) is 0 Å². The molecule has 1 aromatic rings. The van der Waals surface area contributed by atoms with E-state index in [4.69, 9.17) is 0 Å².